The van der Waals surface area contributed by atoms with Crippen LogP contribution in [0.4, 0.5) is 0 Å². The molecule has 2 unspecified atom stereocenters. The summed E-state index contributed by atoms with van der Waals surface area (Å²) < 4.78 is 28.7. The SMILES string of the molecule is CCCCCCCCCCC[C@]1(CO)O[C@H](OC2[C@@H](CO)O[C@@H](OC3[C@@H](CO)O[C@@H](O)[C@H](N)[C@H]3O)[C@H](N)[C@H]2O)[C@H](N)[C@@H](O)[C@@H]1O. The molecule has 0 radical (unpaired) electrons. The molecule has 15 atom stereocenters. The van der Waals surface area contributed by atoms with E-state index in [0.29, 0.717) is 6.42 Å². The molecule has 266 valence electrons. The second-order valence-electron chi connectivity index (χ2n) is 12.6. The van der Waals surface area contributed by atoms with Gasteiger partial charge in [0.2, 0.25) is 0 Å². The third-order valence-corrected chi connectivity index (χ3v) is 9.30. The van der Waals surface area contributed by atoms with Crippen LogP contribution in [0.1, 0.15) is 71.1 Å². The molecular weight excluding hydrogens is 598 g/mol. The summed E-state index contributed by atoms with van der Waals surface area (Å²) in [6.45, 7) is 0.193. The largest absolute Gasteiger partial charge is 0.394 e. The van der Waals surface area contributed by atoms with Crippen molar-refractivity contribution in [1.29, 1.82) is 0 Å². The predicted molar refractivity (Wildman–Crippen MR) is 158 cm³/mol. The zero-order valence-corrected chi connectivity index (χ0v) is 26.1. The highest BCUT2D eigenvalue weighted by atomic mass is 16.7. The van der Waals surface area contributed by atoms with Crippen molar-refractivity contribution in [2.45, 2.75) is 163 Å². The molecule has 0 spiro atoms. The lowest BCUT2D eigenvalue weighted by Gasteiger charge is -2.51. The number of hydrogen-bond acceptors (Lipinski definition) is 16. The number of unbranched alkanes of at least 4 members (excludes halogenated alkanes) is 8. The molecule has 45 heavy (non-hydrogen) atoms. The molecule has 3 fully saturated rings. The van der Waals surface area contributed by atoms with Crippen molar-refractivity contribution in [3.8, 4) is 0 Å². The Balaban J connectivity index is 1.64. The van der Waals surface area contributed by atoms with Gasteiger partial charge >= 0.3 is 0 Å². The summed E-state index contributed by atoms with van der Waals surface area (Å²) in [5.74, 6) is 0. The number of ether oxygens (including phenoxy) is 5. The van der Waals surface area contributed by atoms with E-state index < -0.39 is 111 Å². The van der Waals surface area contributed by atoms with Crippen LogP contribution in [-0.2, 0) is 23.7 Å². The van der Waals surface area contributed by atoms with Crippen LogP contribution in [0, 0.1) is 0 Å². The minimum absolute atomic E-state index is 0.210. The van der Waals surface area contributed by atoms with E-state index in [2.05, 4.69) is 6.92 Å². The molecule has 3 aliphatic rings. The molecule has 16 heteroatoms. The van der Waals surface area contributed by atoms with Gasteiger partial charge in [0.15, 0.2) is 18.9 Å². The molecule has 3 rings (SSSR count). The maximum atomic E-state index is 11.1. The maximum Gasteiger partial charge on any atom is 0.176 e. The summed E-state index contributed by atoms with van der Waals surface area (Å²) >= 11 is 0. The molecule has 0 aromatic heterocycles. The zero-order valence-electron chi connectivity index (χ0n) is 26.1. The Labute approximate surface area is 264 Å². The Bertz CT molecular complexity index is 847. The molecule has 0 aromatic rings. The fourth-order valence-electron chi connectivity index (χ4n) is 6.29. The average Bonchev–Trinajstić information content (AvgIpc) is 3.04. The Morgan fingerprint density at radius 3 is 1.67 bits per heavy atom. The second-order valence-corrected chi connectivity index (χ2v) is 12.6. The monoisotopic (exact) mass is 655 g/mol. The van der Waals surface area contributed by atoms with Crippen molar-refractivity contribution < 1.29 is 64.5 Å². The van der Waals surface area contributed by atoms with Gasteiger partial charge in [0, 0.05) is 0 Å². The fourth-order valence-corrected chi connectivity index (χ4v) is 6.29. The summed E-state index contributed by atoms with van der Waals surface area (Å²) in [7, 11) is 0. The standard InChI is InChI=1S/C29H57N3O13/c1-2-3-4-5-6-7-8-9-10-11-29(14-35)25(39)22(38)19(32)28(45-29)44-24-16(13-34)42-27(18(31)21(24)37)43-23-15(12-33)41-26(40)17(30)20(23)36/h15-28,33-40H,2-14,30-32H2,1H3/t15-,16-,17-,18-,19-,20-,21-,22-,23?,24?,25+,26-,27+,28+,29-/m1/s1. The van der Waals surface area contributed by atoms with Crippen molar-refractivity contribution in [1.82, 2.24) is 0 Å². The van der Waals surface area contributed by atoms with Crippen LogP contribution in [0.5, 0.6) is 0 Å². The Hall–Kier alpha value is -0.640. The first-order valence-corrected chi connectivity index (χ1v) is 16.3. The van der Waals surface area contributed by atoms with E-state index in [1.54, 1.807) is 0 Å². The van der Waals surface area contributed by atoms with E-state index in [4.69, 9.17) is 40.9 Å². The van der Waals surface area contributed by atoms with Gasteiger partial charge in [-0.05, 0) is 6.42 Å². The van der Waals surface area contributed by atoms with E-state index in [9.17, 15) is 40.9 Å². The Morgan fingerprint density at radius 1 is 0.622 bits per heavy atom. The van der Waals surface area contributed by atoms with E-state index >= 15 is 0 Å². The highest BCUT2D eigenvalue weighted by Gasteiger charge is 2.55. The first-order chi connectivity index (χ1) is 21.5. The number of hydrogen-bond donors (Lipinski definition) is 11. The van der Waals surface area contributed by atoms with Crippen LogP contribution >= 0.6 is 0 Å². The lowest BCUT2D eigenvalue weighted by Crippen LogP contribution is -2.71. The van der Waals surface area contributed by atoms with E-state index in [1.165, 1.54) is 25.7 Å². The third kappa shape index (κ3) is 9.29. The van der Waals surface area contributed by atoms with Gasteiger partial charge in [0.25, 0.3) is 0 Å². The van der Waals surface area contributed by atoms with Gasteiger partial charge in [-0.1, -0.05) is 64.7 Å². The summed E-state index contributed by atoms with van der Waals surface area (Å²) in [4.78, 5) is 0. The number of aliphatic hydroxyl groups excluding tert-OH is 8. The topological polar surface area (TPSA) is 286 Å². The van der Waals surface area contributed by atoms with Crippen molar-refractivity contribution in [2.24, 2.45) is 17.2 Å². The molecule has 0 saturated carbocycles. The molecule has 3 saturated heterocycles. The van der Waals surface area contributed by atoms with Gasteiger partial charge < -0.3 is 81.7 Å². The van der Waals surface area contributed by atoms with Crippen molar-refractivity contribution >= 4 is 0 Å². The van der Waals surface area contributed by atoms with Crippen molar-refractivity contribution in [3.05, 3.63) is 0 Å². The molecule has 16 nitrogen and oxygen atoms in total. The van der Waals surface area contributed by atoms with Gasteiger partial charge in [-0.15, -0.1) is 0 Å². The highest BCUT2D eigenvalue weighted by molar-refractivity contribution is 5.03. The molecule has 0 aliphatic carbocycles. The van der Waals surface area contributed by atoms with Crippen LogP contribution in [0.2, 0.25) is 0 Å². The predicted octanol–water partition coefficient (Wildman–Crippen LogP) is -3.38. The quantitative estimate of drug-likeness (QED) is 0.0681. The third-order valence-electron chi connectivity index (χ3n) is 9.30. The Kier molecular flexibility index (Phi) is 15.7. The van der Waals surface area contributed by atoms with Crippen LogP contribution in [0.25, 0.3) is 0 Å². The van der Waals surface area contributed by atoms with Gasteiger partial charge in [-0.2, -0.15) is 0 Å². The highest BCUT2D eigenvalue weighted by Crippen LogP contribution is 2.36. The first kappa shape index (κ1) is 38.8. The molecule has 0 aromatic carbocycles. The van der Waals surface area contributed by atoms with Gasteiger partial charge in [0.05, 0.1) is 37.9 Å². The molecule has 3 aliphatic heterocycles. The second kappa shape index (κ2) is 18.2. The fraction of sp³-hybridized carbons (Fsp3) is 1.00. The first-order valence-electron chi connectivity index (χ1n) is 16.3. The van der Waals surface area contributed by atoms with E-state index in [-0.39, 0.29) is 6.42 Å². The average molecular weight is 656 g/mol. The summed E-state index contributed by atoms with van der Waals surface area (Å²) in [5.41, 5.74) is 16.6. The van der Waals surface area contributed by atoms with Crippen molar-refractivity contribution in [3.63, 3.8) is 0 Å². The molecule has 0 bridgehead atoms. The normalized spacial score (nSPS) is 44.3. The van der Waals surface area contributed by atoms with Gasteiger partial charge in [-0.25, -0.2) is 0 Å². The minimum Gasteiger partial charge on any atom is -0.394 e. The number of aliphatic hydroxyl groups is 8. The van der Waals surface area contributed by atoms with Gasteiger partial charge in [0.1, 0.15) is 54.4 Å². The lowest BCUT2D eigenvalue weighted by molar-refractivity contribution is -0.361. The summed E-state index contributed by atoms with van der Waals surface area (Å²) in [6.07, 6.45) is -6.06. The molecule has 3 heterocycles. The zero-order chi connectivity index (χ0) is 33.3. The van der Waals surface area contributed by atoms with Gasteiger partial charge in [-0.3, -0.25) is 0 Å². The number of rotatable bonds is 17. The van der Waals surface area contributed by atoms with Crippen LogP contribution in [-0.4, -0.2) is 152 Å². The lowest BCUT2D eigenvalue weighted by atomic mass is 9.82. The molecule has 0 amide bonds. The van der Waals surface area contributed by atoms with Crippen LogP contribution in [0.15, 0.2) is 0 Å². The smallest absolute Gasteiger partial charge is 0.176 e. The van der Waals surface area contributed by atoms with E-state index in [1.807, 2.05) is 0 Å². The Morgan fingerprint density at radius 2 is 1.11 bits per heavy atom. The maximum absolute atomic E-state index is 11.1. The van der Waals surface area contributed by atoms with E-state index in [0.717, 1.165) is 25.7 Å². The summed E-state index contributed by atoms with van der Waals surface area (Å²) in [5, 5.41) is 83.4. The van der Waals surface area contributed by atoms with Crippen molar-refractivity contribution in [2.75, 3.05) is 19.8 Å². The van der Waals surface area contributed by atoms with Crippen LogP contribution in [0.3, 0.4) is 0 Å². The minimum atomic E-state index is -1.59. The summed E-state index contributed by atoms with van der Waals surface area (Å²) in [6, 6.07) is -3.92. The van der Waals surface area contributed by atoms with Crippen LogP contribution < -0.4 is 17.2 Å². The number of nitrogens with two attached hydrogens (primary N) is 3. The molecule has 14 N–H and O–H groups in total. The molecular formula is C29H57N3O13.